The molecule has 2 aromatic rings. The Morgan fingerprint density at radius 1 is 1.41 bits per heavy atom. The van der Waals surface area contributed by atoms with Crippen LogP contribution in [0.5, 0.6) is 5.75 Å². The Morgan fingerprint density at radius 2 is 2.19 bits per heavy atom. The zero-order chi connectivity index (χ0) is 19.6. The van der Waals surface area contributed by atoms with E-state index in [-0.39, 0.29) is 18.4 Å². The molecule has 0 saturated heterocycles. The van der Waals surface area contributed by atoms with E-state index in [9.17, 15) is 9.90 Å². The summed E-state index contributed by atoms with van der Waals surface area (Å²) in [5, 5.41) is 15.0. The molecule has 0 radical (unpaired) electrons. The average Bonchev–Trinajstić information content (AvgIpc) is 3.07. The monoisotopic (exact) mass is 394 g/mol. The highest BCUT2D eigenvalue weighted by Crippen LogP contribution is 2.35. The summed E-state index contributed by atoms with van der Waals surface area (Å²) in [6.07, 6.45) is 1.31. The van der Waals surface area contributed by atoms with Gasteiger partial charge in [-0.15, -0.1) is 0 Å². The van der Waals surface area contributed by atoms with Gasteiger partial charge in [-0.25, -0.2) is 9.67 Å². The first kappa shape index (κ1) is 19.6. The number of nitrogens with zero attached hydrogens (tertiary/aromatic N) is 3. The molecule has 3 atom stereocenters. The highest BCUT2D eigenvalue weighted by atomic mass is 35.5. The highest BCUT2D eigenvalue weighted by Gasteiger charge is 2.32. The first-order chi connectivity index (χ1) is 12.9. The quantitative estimate of drug-likeness (QED) is 0.740. The number of carbonyl (C=O) groups is 1. The smallest absolute Gasteiger partial charge is 0.313 e. The van der Waals surface area contributed by atoms with E-state index in [2.05, 4.69) is 10.1 Å². The van der Waals surface area contributed by atoms with Gasteiger partial charge < -0.3 is 20.3 Å². The summed E-state index contributed by atoms with van der Waals surface area (Å²) in [5.41, 5.74) is 6.68. The number of aromatic nitrogens is 3. The Bertz CT molecular complexity index is 826. The molecule has 1 aromatic carbocycles. The van der Waals surface area contributed by atoms with Crippen LogP contribution in [-0.4, -0.2) is 52.2 Å². The Labute approximate surface area is 162 Å². The van der Waals surface area contributed by atoms with Crippen molar-refractivity contribution in [3.63, 3.8) is 0 Å². The highest BCUT2D eigenvalue weighted by molar-refractivity contribution is 6.30. The number of carbonyl (C=O) groups excluding carboxylic acids is 1. The number of methoxy groups -OCH3 is 2. The molecule has 1 aliphatic rings. The number of aliphatic hydroxyl groups excluding tert-OH is 1. The molecule has 3 N–H and O–H groups in total. The van der Waals surface area contributed by atoms with Crippen molar-refractivity contribution >= 4 is 17.6 Å². The summed E-state index contributed by atoms with van der Waals surface area (Å²) in [7, 11) is 2.88. The second kappa shape index (κ2) is 8.24. The van der Waals surface area contributed by atoms with Gasteiger partial charge in [0.25, 0.3) is 0 Å². The maximum Gasteiger partial charge on any atom is 0.313 e. The van der Waals surface area contributed by atoms with Gasteiger partial charge in [0.15, 0.2) is 5.82 Å². The lowest BCUT2D eigenvalue weighted by molar-refractivity contribution is -0.139. The third kappa shape index (κ3) is 4.23. The fourth-order valence-corrected chi connectivity index (χ4v) is 3.51. The van der Waals surface area contributed by atoms with E-state index in [0.717, 1.165) is 0 Å². The summed E-state index contributed by atoms with van der Waals surface area (Å²) in [4.78, 5) is 16.3. The van der Waals surface area contributed by atoms with Crippen LogP contribution in [-0.2, 0) is 16.0 Å². The zero-order valence-electron chi connectivity index (χ0n) is 15.3. The first-order valence-corrected chi connectivity index (χ1v) is 9.11. The fraction of sp³-hybridized carbons (Fsp3) is 0.500. The van der Waals surface area contributed by atoms with Crippen molar-refractivity contribution in [1.29, 1.82) is 0 Å². The second-order valence-electron chi connectivity index (χ2n) is 6.61. The third-order valence-electron chi connectivity index (χ3n) is 4.80. The molecular formula is C18H23ClN4O4. The molecule has 3 rings (SSSR count). The molecule has 0 bridgehead atoms. The number of hydrogen-bond donors (Lipinski definition) is 2. The molecule has 1 fully saturated rings. The van der Waals surface area contributed by atoms with E-state index >= 15 is 0 Å². The summed E-state index contributed by atoms with van der Waals surface area (Å²) in [5.74, 6) is 1.16. The molecule has 0 amide bonds. The number of esters is 1. The lowest BCUT2D eigenvalue weighted by atomic mass is 9.83. The van der Waals surface area contributed by atoms with E-state index < -0.39 is 12.1 Å². The van der Waals surface area contributed by atoms with E-state index in [1.807, 2.05) is 0 Å². The van der Waals surface area contributed by atoms with Crippen LogP contribution in [0.2, 0.25) is 5.02 Å². The van der Waals surface area contributed by atoms with Crippen LogP contribution in [0, 0.1) is 0 Å². The Hall–Kier alpha value is -2.16. The molecule has 1 aliphatic carbocycles. The average molecular weight is 395 g/mol. The molecule has 8 nitrogen and oxygen atoms in total. The maximum atomic E-state index is 11.7. The van der Waals surface area contributed by atoms with Crippen LogP contribution in [0.1, 0.15) is 36.8 Å². The first-order valence-electron chi connectivity index (χ1n) is 8.73. The van der Waals surface area contributed by atoms with Crippen molar-refractivity contribution in [2.24, 2.45) is 5.73 Å². The van der Waals surface area contributed by atoms with Gasteiger partial charge >= 0.3 is 5.97 Å². The van der Waals surface area contributed by atoms with Crippen LogP contribution < -0.4 is 10.5 Å². The second-order valence-corrected chi connectivity index (χ2v) is 7.04. The minimum absolute atomic E-state index is 0.00835. The zero-order valence-corrected chi connectivity index (χ0v) is 16.0. The topological polar surface area (TPSA) is 112 Å². The van der Waals surface area contributed by atoms with Crippen LogP contribution in [0.4, 0.5) is 0 Å². The SMILES string of the molecule is COC(=O)Cc1nc([C@H]2CC[C@@H](O)[C@H](N)C2)n(-c2cc(Cl)ccc2OC)n1. The summed E-state index contributed by atoms with van der Waals surface area (Å²) in [6.45, 7) is 0. The van der Waals surface area contributed by atoms with E-state index in [4.69, 9.17) is 26.8 Å². The standard InChI is InChI=1S/C18H23ClN4O4/c1-26-15-6-4-11(19)8-13(15)23-18(10-3-5-14(24)12(20)7-10)21-16(22-23)9-17(25)27-2/h4,6,8,10,12,14,24H,3,5,7,9,20H2,1-2H3/t10-,12+,14+/m0/s1. The van der Waals surface area contributed by atoms with Crippen LogP contribution >= 0.6 is 11.6 Å². The van der Waals surface area contributed by atoms with Gasteiger partial charge in [-0.05, 0) is 37.5 Å². The molecule has 1 saturated carbocycles. The van der Waals surface area contributed by atoms with Gasteiger partial charge in [-0.3, -0.25) is 4.79 Å². The van der Waals surface area contributed by atoms with Crippen molar-refractivity contribution in [2.45, 2.75) is 43.7 Å². The Balaban J connectivity index is 2.06. The van der Waals surface area contributed by atoms with E-state index in [0.29, 0.717) is 47.4 Å². The number of ether oxygens (including phenoxy) is 2. The van der Waals surface area contributed by atoms with Crippen molar-refractivity contribution in [3.8, 4) is 11.4 Å². The number of aliphatic hydroxyl groups is 1. The van der Waals surface area contributed by atoms with Crippen molar-refractivity contribution in [1.82, 2.24) is 14.8 Å². The van der Waals surface area contributed by atoms with E-state index in [1.54, 1.807) is 30.0 Å². The lowest BCUT2D eigenvalue weighted by Crippen LogP contribution is -2.40. The van der Waals surface area contributed by atoms with E-state index in [1.165, 1.54) is 7.11 Å². The molecule has 9 heteroatoms. The molecule has 0 unspecified atom stereocenters. The Kier molecular flexibility index (Phi) is 5.98. The van der Waals surface area contributed by atoms with Crippen LogP contribution in [0.3, 0.4) is 0 Å². The van der Waals surface area contributed by atoms with Crippen LogP contribution in [0.15, 0.2) is 18.2 Å². The minimum Gasteiger partial charge on any atom is -0.494 e. The van der Waals surface area contributed by atoms with Crippen molar-refractivity contribution in [2.75, 3.05) is 14.2 Å². The fourth-order valence-electron chi connectivity index (χ4n) is 3.34. The summed E-state index contributed by atoms with van der Waals surface area (Å²) < 4.78 is 11.8. The maximum absolute atomic E-state index is 11.7. The largest absolute Gasteiger partial charge is 0.494 e. The Morgan fingerprint density at radius 3 is 2.85 bits per heavy atom. The molecule has 146 valence electrons. The molecule has 1 aromatic heterocycles. The summed E-state index contributed by atoms with van der Waals surface area (Å²) >= 11 is 6.17. The van der Waals surface area contributed by atoms with Gasteiger partial charge in [0, 0.05) is 17.0 Å². The number of hydrogen-bond acceptors (Lipinski definition) is 7. The number of rotatable bonds is 5. The number of halogens is 1. The molecule has 1 heterocycles. The van der Waals surface area contributed by atoms with Gasteiger partial charge in [0.2, 0.25) is 0 Å². The summed E-state index contributed by atoms with van der Waals surface area (Å²) in [6, 6.07) is 4.87. The third-order valence-corrected chi connectivity index (χ3v) is 5.04. The molecule has 27 heavy (non-hydrogen) atoms. The molecular weight excluding hydrogens is 372 g/mol. The predicted octanol–water partition coefficient (Wildman–Crippen LogP) is 1.60. The molecule has 0 spiro atoms. The van der Waals surface area contributed by atoms with Gasteiger partial charge in [-0.2, -0.15) is 5.10 Å². The van der Waals surface area contributed by atoms with Crippen LogP contribution in [0.25, 0.3) is 5.69 Å². The van der Waals surface area contributed by atoms with Gasteiger partial charge in [0.05, 0.1) is 20.3 Å². The normalized spacial score (nSPS) is 22.5. The van der Waals surface area contributed by atoms with Gasteiger partial charge in [0.1, 0.15) is 23.7 Å². The lowest BCUT2D eigenvalue weighted by Gasteiger charge is -2.30. The van der Waals surface area contributed by atoms with Crippen molar-refractivity contribution in [3.05, 3.63) is 34.9 Å². The predicted molar refractivity (Wildman–Crippen MR) is 99.2 cm³/mol. The number of nitrogens with two attached hydrogens (primary N) is 1. The number of benzene rings is 1. The molecule has 0 aliphatic heterocycles. The van der Waals surface area contributed by atoms with Gasteiger partial charge in [-0.1, -0.05) is 11.6 Å². The van der Waals surface area contributed by atoms with Crippen molar-refractivity contribution < 1.29 is 19.4 Å². The minimum atomic E-state index is -0.520.